The van der Waals surface area contributed by atoms with Crippen molar-refractivity contribution in [3.8, 4) is 0 Å². The maximum atomic E-state index is 11.4. The summed E-state index contributed by atoms with van der Waals surface area (Å²) in [6, 6.07) is 3.61. The van der Waals surface area contributed by atoms with Crippen LogP contribution in [0.25, 0.3) is 6.20 Å². The van der Waals surface area contributed by atoms with Gasteiger partial charge in [0, 0.05) is 23.2 Å². The topological polar surface area (TPSA) is 66.5 Å². The number of amides is 1. The predicted molar refractivity (Wildman–Crippen MR) is 48.5 cm³/mol. The van der Waals surface area contributed by atoms with Gasteiger partial charge in [-0.1, -0.05) is 11.2 Å². The first-order valence-corrected chi connectivity index (χ1v) is 4.06. The Labute approximate surface area is 78.2 Å². The number of rotatable bonds is 0. The van der Waals surface area contributed by atoms with Crippen LogP contribution in [-0.2, 0) is 0 Å². The van der Waals surface area contributed by atoms with Gasteiger partial charge in [-0.3, -0.25) is 9.79 Å². The second-order valence-corrected chi connectivity index (χ2v) is 2.96. The van der Waals surface area contributed by atoms with Crippen molar-refractivity contribution in [1.29, 1.82) is 0 Å². The van der Waals surface area contributed by atoms with Crippen molar-refractivity contribution in [2.24, 2.45) is 20.4 Å². The standard InChI is InChI=1S/C9H4N4O/c14-9-8-6-4-10-3-5(6)1-2-7(8)11-13-12-9/h1-4H. The van der Waals surface area contributed by atoms with E-state index >= 15 is 0 Å². The number of hydrogen-bond donors (Lipinski definition) is 0. The lowest BCUT2D eigenvalue weighted by molar-refractivity contribution is 0.0988. The molecular weight excluding hydrogens is 180 g/mol. The van der Waals surface area contributed by atoms with Gasteiger partial charge < -0.3 is 0 Å². The fourth-order valence-electron chi connectivity index (χ4n) is 1.54. The van der Waals surface area contributed by atoms with Gasteiger partial charge in [-0.05, 0) is 11.3 Å². The number of benzene rings is 1. The highest BCUT2D eigenvalue weighted by Crippen LogP contribution is 2.05. The number of carbonyl (C=O) groups excluding carboxylic acids is 1. The Hall–Kier alpha value is -2.17. The summed E-state index contributed by atoms with van der Waals surface area (Å²) < 4.78 is 0. The van der Waals surface area contributed by atoms with Gasteiger partial charge in [-0.2, -0.15) is 0 Å². The molecule has 0 N–H and O–H groups in total. The third-order valence-electron chi connectivity index (χ3n) is 2.18. The molecule has 0 bridgehead atoms. The van der Waals surface area contributed by atoms with Crippen LogP contribution in [0.5, 0.6) is 0 Å². The molecule has 0 aromatic heterocycles. The molecule has 3 rings (SSSR count). The molecule has 0 unspecified atom stereocenters. The Bertz CT molecular complexity index is 612. The molecule has 0 saturated carbocycles. The van der Waals surface area contributed by atoms with Crippen LogP contribution in [0.15, 0.2) is 32.6 Å². The molecule has 66 valence electrons. The average Bonchev–Trinajstić information content (AvgIpc) is 2.65. The molecule has 14 heavy (non-hydrogen) atoms. The molecule has 0 atom stereocenters. The van der Waals surface area contributed by atoms with Gasteiger partial charge >= 0.3 is 0 Å². The van der Waals surface area contributed by atoms with Crippen molar-refractivity contribution in [2.45, 2.75) is 0 Å². The third kappa shape index (κ3) is 0.806. The summed E-state index contributed by atoms with van der Waals surface area (Å²) in [5.74, 6) is -0.353. The van der Waals surface area contributed by atoms with Crippen LogP contribution >= 0.6 is 0 Å². The first-order valence-electron chi connectivity index (χ1n) is 4.06. The van der Waals surface area contributed by atoms with Crippen molar-refractivity contribution < 1.29 is 4.79 Å². The number of fused-ring (bicyclic) bond motifs is 3. The first kappa shape index (κ1) is 7.25. The molecule has 0 aliphatic carbocycles. The summed E-state index contributed by atoms with van der Waals surface area (Å²) in [6.07, 6.45) is 3.34. The third-order valence-corrected chi connectivity index (χ3v) is 2.18. The van der Waals surface area contributed by atoms with Crippen LogP contribution in [0.2, 0.25) is 0 Å². The summed E-state index contributed by atoms with van der Waals surface area (Å²) in [4.78, 5) is 15.4. The predicted octanol–water partition coefficient (Wildman–Crippen LogP) is -0.00230. The maximum Gasteiger partial charge on any atom is 0.300 e. The van der Waals surface area contributed by atoms with Crippen molar-refractivity contribution in [3.63, 3.8) is 0 Å². The van der Waals surface area contributed by atoms with E-state index in [9.17, 15) is 4.79 Å². The molecule has 5 heteroatoms. The minimum absolute atomic E-state index is 0.353. The van der Waals surface area contributed by atoms with Gasteiger partial charge in [0.15, 0.2) is 0 Å². The summed E-state index contributed by atoms with van der Waals surface area (Å²) in [5.41, 5.74) is 1.28. The summed E-state index contributed by atoms with van der Waals surface area (Å²) in [5, 5.41) is 12.0. The Kier molecular flexibility index (Phi) is 1.25. The SMILES string of the molecule is O=C1N=NN=c2ccc3c(c21)C=NC=3. The summed E-state index contributed by atoms with van der Waals surface area (Å²) >= 11 is 0. The van der Waals surface area contributed by atoms with Crippen LogP contribution in [0.3, 0.4) is 0 Å². The van der Waals surface area contributed by atoms with Crippen LogP contribution in [0, 0.1) is 0 Å². The second-order valence-electron chi connectivity index (χ2n) is 2.96. The smallest absolute Gasteiger partial charge is 0.265 e. The van der Waals surface area contributed by atoms with E-state index in [1.165, 1.54) is 0 Å². The Morgan fingerprint density at radius 2 is 2.14 bits per heavy atom. The van der Waals surface area contributed by atoms with Gasteiger partial charge in [0.25, 0.3) is 5.91 Å². The lowest BCUT2D eigenvalue weighted by Crippen LogP contribution is -2.24. The van der Waals surface area contributed by atoms with E-state index in [1.54, 1.807) is 18.5 Å². The maximum absolute atomic E-state index is 11.4. The number of hydrogen-bond acceptors (Lipinski definition) is 4. The monoisotopic (exact) mass is 184 g/mol. The van der Waals surface area contributed by atoms with E-state index in [2.05, 4.69) is 20.4 Å². The van der Waals surface area contributed by atoms with Crippen LogP contribution in [0.4, 0.5) is 0 Å². The van der Waals surface area contributed by atoms with Crippen LogP contribution in [0.1, 0.15) is 15.9 Å². The van der Waals surface area contributed by atoms with Gasteiger partial charge in [0.1, 0.15) is 5.36 Å². The summed E-state index contributed by atoms with van der Waals surface area (Å²) in [6.45, 7) is 0. The highest BCUT2D eigenvalue weighted by Gasteiger charge is 2.17. The minimum atomic E-state index is -0.353. The lowest BCUT2D eigenvalue weighted by atomic mass is 10.1. The molecule has 1 amide bonds. The molecule has 1 aromatic carbocycles. The van der Waals surface area contributed by atoms with Gasteiger partial charge in [-0.15, -0.1) is 5.10 Å². The van der Waals surface area contributed by atoms with E-state index in [-0.39, 0.29) is 5.91 Å². The van der Waals surface area contributed by atoms with Crippen LogP contribution < -0.4 is 10.6 Å². The number of nitrogens with zero attached hydrogens (tertiary/aromatic N) is 4. The number of aliphatic imine (C=N–C) groups is 1. The highest BCUT2D eigenvalue weighted by atomic mass is 16.2. The van der Waals surface area contributed by atoms with Crippen molar-refractivity contribution in [1.82, 2.24) is 0 Å². The quantitative estimate of drug-likeness (QED) is 0.559. The average molecular weight is 184 g/mol. The molecule has 2 aliphatic rings. The zero-order chi connectivity index (χ0) is 9.54. The summed E-state index contributed by atoms with van der Waals surface area (Å²) in [7, 11) is 0. The van der Waals surface area contributed by atoms with Gasteiger partial charge in [0.05, 0.1) is 5.56 Å². The molecule has 2 heterocycles. The Morgan fingerprint density at radius 1 is 1.21 bits per heavy atom. The van der Waals surface area contributed by atoms with E-state index in [1.807, 2.05) is 6.07 Å². The fraction of sp³-hybridized carbons (Fsp3) is 0. The van der Waals surface area contributed by atoms with Crippen molar-refractivity contribution >= 4 is 18.3 Å². The largest absolute Gasteiger partial charge is 0.300 e. The molecule has 5 nitrogen and oxygen atoms in total. The second kappa shape index (κ2) is 2.41. The van der Waals surface area contributed by atoms with Gasteiger partial charge in [-0.25, -0.2) is 0 Å². The number of carbonyl (C=O) groups is 1. The highest BCUT2D eigenvalue weighted by molar-refractivity contribution is 6.04. The van der Waals surface area contributed by atoms with Crippen molar-refractivity contribution in [3.05, 3.63) is 33.8 Å². The zero-order valence-corrected chi connectivity index (χ0v) is 7.01. The minimum Gasteiger partial charge on any atom is -0.265 e. The molecule has 0 fully saturated rings. The van der Waals surface area contributed by atoms with Crippen molar-refractivity contribution in [2.75, 3.05) is 0 Å². The van der Waals surface area contributed by atoms with E-state index in [0.29, 0.717) is 10.9 Å². The molecule has 2 aliphatic heterocycles. The van der Waals surface area contributed by atoms with E-state index in [4.69, 9.17) is 0 Å². The van der Waals surface area contributed by atoms with E-state index in [0.717, 1.165) is 10.8 Å². The Morgan fingerprint density at radius 3 is 3.07 bits per heavy atom. The molecular formula is C9H4N4O. The first-order chi connectivity index (χ1) is 6.86. The molecule has 1 aromatic rings. The molecule has 0 spiro atoms. The van der Waals surface area contributed by atoms with Crippen LogP contribution in [-0.4, -0.2) is 12.1 Å². The zero-order valence-electron chi connectivity index (χ0n) is 7.01. The normalized spacial score (nSPS) is 15.9. The molecule has 0 radical (unpaired) electrons. The molecule has 0 saturated heterocycles. The van der Waals surface area contributed by atoms with Gasteiger partial charge in [0.2, 0.25) is 0 Å². The Balaban J connectivity index is 2.52. The lowest BCUT2D eigenvalue weighted by Gasteiger charge is -2.01. The fourth-order valence-corrected chi connectivity index (χ4v) is 1.54. The van der Waals surface area contributed by atoms with E-state index < -0.39 is 0 Å².